The zero-order valence-corrected chi connectivity index (χ0v) is 26.1. The van der Waals surface area contributed by atoms with E-state index in [0.717, 1.165) is 17.8 Å². The Bertz CT molecular complexity index is 1450. The fourth-order valence-corrected chi connectivity index (χ4v) is 7.87. The van der Waals surface area contributed by atoms with Gasteiger partial charge < -0.3 is 24.4 Å². The lowest BCUT2D eigenvalue weighted by molar-refractivity contribution is 0.0705. The number of fused-ring (bicyclic) bond motifs is 1. The molecule has 11 nitrogen and oxygen atoms in total. The lowest BCUT2D eigenvalue weighted by atomic mass is 10.00. The number of nitrogens with one attached hydrogen (secondary N) is 1. The number of methoxy groups -OCH3 is 1. The van der Waals surface area contributed by atoms with Crippen LogP contribution >= 0.6 is 0 Å². The number of cyclic esters (lactones) is 1. The molecule has 6 rings (SSSR count). The van der Waals surface area contributed by atoms with E-state index in [1.54, 1.807) is 32.3 Å². The van der Waals surface area contributed by atoms with E-state index < -0.39 is 10.0 Å². The van der Waals surface area contributed by atoms with E-state index in [1.165, 1.54) is 20.0 Å². The molecule has 1 aliphatic carbocycles. The largest absolute Gasteiger partial charge is 0.496 e. The first-order valence-corrected chi connectivity index (χ1v) is 17.3. The minimum Gasteiger partial charge on any atom is -0.496 e. The molecule has 1 N–H and O–H groups in total. The van der Waals surface area contributed by atoms with Gasteiger partial charge in [0.2, 0.25) is 10.0 Å². The number of benzene rings is 2. The Morgan fingerprint density at radius 1 is 1.00 bits per heavy atom. The number of piperidine rings is 2. The van der Waals surface area contributed by atoms with E-state index in [-0.39, 0.29) is 36.5 Å². The number of likely N-dealkylation sites (tertiary alicyclic amines) is 1. The number of carbonyl (C=O) groups excluding carboxylic acids is 2. The van der Waals surface area contributed by atoms with Crippen molar-refractivity contribution in [3.8, 4) is 11.5 Å². The van der Waals surface area contributed by atoms with Gasteiger partial charge in [-0.1, -0.05) is 18.2 Å². The number of para-hydroxylation sites is 1. The summed E-state index contributed by atoms with van der Waals surface area (Å²) in [7, 11) is -1.74. The molecule has 3 heterocycles. The van der Waals surface area contributed by atoms with Gasteiger partial charge in [-0.3, -0.25) is 9.69 Å². The molecule has 12 heteroatoms. The van der Waals surface area contributed by atoms with Crippen molar-refractivity contribution in [3.63, 3.8) is 0 Å². The molecule has 2 aromatic carbocycles. The summed E-state index contributed by atoms with van der Waals surface area (Å²) in [5, 5.41) is 3.37. The van der Waals surface area contributed by atoms with Gasteiger partial charge in [-0.2, -0.15) is 0 Å². The van der Waals surface area contributed by atoms with Gasteiger partial charge >= 0.3 is 6.09 Å². The molecule has 2 amide bonds. The van der Waals surface area contributed by atoms with Crippen LogP contribution in [0.3, 0.4) is 0 Å². The molecule has 44 heavy (non-hydrogen) atoms. The van der Waals surface area contributed by atoms with E-state index in [9.17, 15) is 18.0 Å². The topological polar surface area (TPSA) is 118 Å². The third-order valence-corrected chi connectivity index (χ3v) is 11.0. The summed E-state index contributed by atoms with van der Waals surface area (Å²) in [4.78, 5) is 29.7. The van der Waals surface area contributed by atoms with Crippen molar-refractivity contribution in [2.45, 2.75) is 69.7 Å². The van der Waals surface area contributed by atoms with E-state index in [4.69, 9.17) is 14.2 Å². The number of carbonyl (C=O) groups is 2. The molecule has 4 aliphatic rings. The Hall–Kier alpha value is -3.35. The second-order valence-corrected chi connectivity index (χ2v) is 14.1. The Balaban J connectivity index is 1.00. The third kappa shape index (κ3) is 6.97. The number of nitrogens with zero attached hydrogens (tertiary/aromatic N) is 3. The van der Waals surface area contributed by atoms with Crippen molar-refractivity contribution >= 4 is 27.7 Å². The summed E-state index contributed by atoms with van der Waals surface area (Å²) in [5.41, 5.74) is 2.33. The van der Waals surface area contributed by atoms with E-state index in [2.05, 4.69) is 5.32 Å². The number of hydrogen-bond acceptors (Lipinski definition) is 8. The Morgan fingerprint density at radius 2 is 1.75 bits per heavy atom. The molecule has 238 valence electrons. The van der Waals surface area contributed by atoms with Crippen molar-refractivity contribution in [3.05, 3.63) is 53.6 Å². The highest BCUT2D eigenvalue weighted by Gasteiger charge is 2.36. The van der Waals surface area contributed by atoms with Gasteiger partial charge in [-0.05, 0) is 69.7 Å². The average Bonchev–Trinajstić information content (AvgIpc) is 3.88. The summed E-state index contributed by atoms with van der Waals surface area (Å²) in [6.45, 7) is 2.92. The molecule has 3 fully saturated rings. The molecule has 0 radical (unpaired) electrons. The van der Waals surface area contributed by atoms with Crippen LogP contribution in [0.1, 0.15) is 60.9 Å². The molecule has 0 unspecified atom stereocenters. The fraction of sp³-hybridized carbons (Fsp3) is 0.562. The van der Waals surface area contributed by atoms with Gasteiger partial charge in [0.25, 0.3) is 5.91 Å². The minimum atomic E-state index is -3.27. The van der Waals surface area contributed by atoms with Crippen LogP contribution in [-0.2, 0) is 21.4 Å². The molecule has 0 bridgehead atoms. The minimum absolute atomic E-state index is 0.0450. The van der Waals surface area contributed by atoms with Gasteiger partial charge in [-0.25, -0.2) is 17.5 Å². The van der Waals surface area contributed by atoms with Crippen LogP contribution < -0.4 is 19.7 Å². The summed E-state index contributed by atoms with van der Waals surface area (Å²) in [5.74, 6) is 1.07. The summed E-state index contributed by atoms with van der Waals surface area (Å²) >= 11 is 0. The van der Waals surface area contributed by atoms with Gasteiger partial charge in [-0.15, -0.1) is 0 Å². The van der Waals surface area contributed by atoms with Crippen LogP contribution in [-0.4, -0.2) is 93.4 Å². The second kappa shape index (κ2) is 13.3. The highest BCUT2D eigenvalue weighted by atomic mass is 32.2. The molecule has 3 aliphatic heterocycles. The predicted molar refractivity (Wildman–Crippen MR) is 166 cm³/mol. The molecule has 0 spiro atoms. The Labute approximate surface area is 259 Å². The van der Waals surface area contributed by atoms with Crippen LogP contribution in [0, 0.1) is 0 Å². The number of amides is 2. The summed E-state index contributed by atoms with van der Waals surface area (Å²) < 4.78 is 44.3. The van der Waals surface area contributed by atoms with Crippen LogP contribution in [0.2, 0.25) is 0 Å². The van der Waals surface area contributed by atoms with Crippen molar-refractivity contribution in [2.24, 2.45) is 0 Å². The van der Waals surface area contributed by atoms with E-state index >= 15 is 0 Å². The molecule has 2 aromatic rings. The highest BCUT2D eigenvalue weighted by Crippen LogP contribution is 2.33. The van der Waals surface area contributed by atoms with Gasteiger partial charge in [0, 0.05) is 49.9 Å². The number of ether oxygens (including phenoxy) is 3. The monoisotopic (exact) mass is 626 g/mol. The number of hydrogen-bond donors (Lipinski definition) is 1. The first-order valence-electron chi connectivity index (χ1n) is 15.7. The maximum absolute atomic E-state index is 13.5. The van der Waals surface area contributed by atoms with Crippen LogP contribution in [0.25, 0.3) is 0 Å². The van der Waals surface area contributed by atoms with Crippen molar-refractivity contribution in [1.82, 2.24) is 14.5 Å². The van der Waals surface area contributed by atoms with Crippen LogP contribution in [0.4, 0.5) is 10.5 Å². The van der Waals surface area contributed by atoms with E-state index in [0.29, 0.717) is 81.4 Å². The second-order valence-electron chi connectivity index (χ2n) is 12.1. The van der Waals surface area contributed by atoms with E-state index in [1.807, 2.05) is 24.3 Å². The first kappa shape index (κ1) is 30.7. The molecule has 1 saturated carbocycles. The fourth-order valence-electron chi connectivity index (χ4n) is 6.34. The number of rotatable bonds is 11. The highest BCUT2D eigenvalue weighted by molar-refractivity contribution is 7.89. The normalized spacial score (nSPS) is 20.2. The number of sulfonamides is 1. The maximum Gasteiger partial charge on any atom is 0.414 e. The number of anilines is 1. The quantitative estimate of drug-likeness (QED) is 0.375. The molecular weight excluding hydrogens is 584 g/mol. The molecule has 2 saturated heterocycles. The Morgan fingerprint density at radius 3 is 2.48 bits per heavy atom. The van der Waals surface area contributed by atoms with Crippen molar-refractivity contribution in [1.29, 1.82) is 0 Å². The first-order chi connectivity index (χ1) is 21.3. The third-order valence-electron chi connectivity index (χ3n) is 9.01. The van der Waals surface area contributed by atoms with Crippen molar-refractivity contribution in [2.75, 3.05) is 50.5 Å². The summed E-state index contributed by atoms with van der Waals surface area (Å²) in [6, 6.07) is 13.6. The van der Waals surface area contributed by atoms with Gasteiger partial charge in [0.1, 0.15) is 24.2 Å². The Kier molecular flexibility index (Phi) is 9.29. The zero-order chi connectivity index (χ0) is 30.7. The zero-order valence-electron chi connectivity index (χ0n) is 25.3. The van der Waals surface area contributed by atoms with Gasteiger partial charge in [0.15, 0.2) is 0 Å². The van der Waals surface area contributed by atoms with Crippen LogP contribution in [0.15, 0.2) is 42.5 Å². The molecule has 0 aromatic heterocycles. The standard InChI is InChI=1S/C32H42N4O7S/c1-41-30-21-27(43-26-13-18-35(19-14-26)44(39,40)20-4-15-33-24-7-8-24)9-10-28(30)31(37)34-16-11-25(12-17-34)36-29-6-3-2-5-23(29)22-42-32(36)38/h2-3,5-6,9-10,21,24-26,33H,4,7-8,11-20,22H2,1H3. The average molecular weight is 627 g/mol. The molecular formula is C32H42N4O7S. The SMILES string of the molecule is COc1cc(OC2CCN(S(=O)(=O)CCCNC3CC3)CC2)ccc1C(=O)N1CCC(N2C(=O)OCc3ccccc32)CC1. The van der Waals surface area contributed by atoms with Crippen molar-refractivity contribution < 1.29 is 32.2 Å². The molecule has 0 atom stereocenters. The maximum atomic E-state index is 13.5. The lowest BCUT2D eigenvalue weighted by Crippen LogP contribution is -2.50. The van der Waals surface area contributed by atoms with Gasteiger partial charge in [0.05, 0.1) is 24.1 Å². The summed E-state index contributed by atoms with van der Waals surface area (Å²) in [6.07, 6.45) is 5.05. The van der Waals surface area contributed by atoms with Crippen LogP contribution in [0.5, 0.6) is 11.5 Å². The predicted octanol–water partition coefficient (Wildman–Crippen LogP) is 3.77. The lowest BCUT2D eigenvalue weighted by Gasteiger charge is -2.40. The smallest absolute Gasteiger partial charge is 0.414 e.